The van der Waals surface area contributed by atoms with Gasteiger partial charge in [-0.2, -0.15) is 0 Å². The van der Waals surface area contributed by atoms with Crippen LogP contribution < -0.4 is 5.32 Å². The van der Waals surface area contributed by atoms with E-state index >= 15 is 0 Å². The molecule has 108 valence electrons. The summed E-state index contributed by atoms with van der Waals surface area (Å²) in [5, 5.41) is 12.2. The van der Waals surface area contributed by atoms with Gasteiger partial charge >= 0.3 is 0 Å². The summed E-state index contributed by atoms with van der Waals surface area (Å²) in [7, 11) is 0. The molecule has 0 aromatic carbocycles. The number of amides is 2. The van der Waals surface area contributed by atoms with Gasteiger partial charge in [0.25, 0.3) is 5.91 Å². The van der Waals surface area contributed by atoms with Crippen molar-refractivity contribution in [3.8, 4) is 0 Å². The molecule has 0 spiro atoms. The third kappa shape index (κ3) is 2.96. The zero-order valence-corrected chi connectivity index (χ0v) is 11.7. The van der Waals surface area contributed by atoms with Gasteiger partial charge in [-0.25, -0.2) is 0 Å². The highest BCUT2D eigenvalue weighted by molar-refractivity contribution is 5.95. The van der Waals surface area contributed by atoms with Crippen LogP contribution >= 0.6 is 0 Å². The van der Waals surface area contributed by atoms with Crippen LogP contribution in [0.4, 0.5) is 0 Å². The van der Waals surface area contributed by atoms with Crippen LogP contribution in [0.3, 0.4) is 0 Å². The summed E-state index contributed by atoms with van der Waals surface area (Å²) in [5.74, 6) is -0.387. The minimum absolute atomic E-state index is 0.0548. The van der Waals surface area contributed by atoms with Crippen LogP contribution in [0.2, 0.25) is 0 Å². The molecule has 1 aliphatic heterocycles. The quantitative estimate of drug-likeness (QED) is 0.812. The number of nitrogens with one attached hydrogen (secondary N) is 1. The molecule has 0 aliphatic carbocycles. The number of likely N-dealkylation sites (tertiary alicyclic amines) is 1. The van der Waals surface area contributed by atoms with E-state index in [0.29, 0.717) is 18.7 Å². The van der Waals surface area contributed by atoms with Gasteiger partial charge in [0.1, 0.15) is 0 Å². The van der Waals surface area contributed by atoms with Crippen molar-refractivity contribution in [1.82, 2.24) is 15.2 Å². The second-order valence-electron chi connectivity index (χ2n) is 5.15. The molecule has 2 N–H and O–H groups in total. The predicted molar refractivity (Wildman–Crippen MR) is 73.1 cm³/mol. The first-order chi connectivity index (χ1) is 9.52. The zero-order valence-electron chi connectivity index (χ0n) is 11.7. The molecule has 1 fully saturated rings. The standard InChI is InChI=1S/C14H19N3O3/c1-9-3-4-15-5-12(9)14(20)17-6-11(8-18)13(7-17)16-10(2)19/h3-5,11,13,18H,6-8H2,1-2H3,(H,16,19)/t11-,13+/m0/s1. The van der Waals surface area contributed by atoms with Crippen LogP contribution in [0.1, 0.15) is 22.8 Å². The second-order valence-corrected chi connectivity index (χ2v) is 5.15. The maximum Gasteiger partial charge on any atom is 0.255 e. The normalized spacial score (nSPS) is 21.9. The molecule has 0 saturated carbocycles. The molecule has 6 heteroatoms. The van der Waals surface area contributed by atoms with E-state index < -0.39 is 0 Å². The smallest absolute Gasteiger partial charge is 0.255 e. The molecule has 0 radical (unpaired) electrons. The number of aliphatic hydroxyl groups excluding tert-OH is 1. The number of aromatic nitrogens is 1. The average Bonchev–Trinajstić information content (AvgIpc) is 2.80. The monoisotopic (exact) mass is 277 g/mol. The molecular formula is C14H19N3O3. The first-order valence-corrected chi connectivity index (χ1v) is 6.60. The molecule has 0 unspecified atom stereocenters. The van der Waals surface area contributed by atoms with Gasteiger partial charge in [0.05, 0.1) is 11.6 Å². The fourth-order valence-electron chi connectivity index (χ4n) is 2.50. The van der Waals surface area contributed by atoms with Crippen LogP contribution in [-0.2, 0) is 4.79 Å². The van der Waals surface area contributed by atoms with Gasteiger partial charge < -0.3 is 15.3 Å². The molecule has 6 nitrogen and oxygen atoms in total. The van der Waals surface area contributed by atoms with Crippen molar-refractivity contribution in [3.63, 3.8) is 0 Å². The molecule has 0 bridgehead atoms. The summed E-state index contributed by atoms with van der Waals surface area (Å²) >= 11 is 0. The van der Waals surface area contributed by atoms with E-state index in [4.69, 9.17) is 0 Å². The third-order valence-corrected chi connectivity index (χ3v) is 3.62. The summed E-state index contributed by atoms with van der Waals surface area (Å²) in [5.41, 5.74) is 1.43. The number of aryl methyl sites for hydroxylation is 1. The van der Waals surface area contributed by atoms with Crippen molar-refractivity contribution in [1.29, 1.82) is 0 Å². The number of nitrogens with zero attached hydrogens (tertiary/aromatic N) is 2. The lowest BCUT2D eigenvalue weighted by molar-refractivity contribution is -0.119. The van der Waals surface area contributed by atoms with Gasteiger partial charge in [0.2, 0.25) is 5.91 Å². The largest absolute Gasteiger partial charge is 0.396 e. The first kappa shape index (κ1) is 14.5. The average molecular weight is 277 g/mol. The van der Waals surface area contributed by atoms with E-state index in [9.17, 15) is 14.7 Å². The number of carbonyl (C=O) groups excluding carboxylic acids is 2. The van der Waals surface area contributed by atoms with Crippen molar-refractivity contribution in [3.05, 3.63) is 29.6 Å². The van der Waals surface area contributed by atoms with E-state index in [-0.39, 0.29) is 30.4 Å². The maximum absolute atomic E-state index is 12.5. The number of aliphatic hydroxyl groups is 1. The topological polar surface area (TPSA) is 82.5 Å². The molecule has 2 amide bonds. The number of carbonyl (C=O) groups is 2. The van der Waals surface area contributed by atoms with Crippen molar-refractivity contribution >= 4 is 11.8 Å². The lowest BCUT2D eigenvalue weighted by atomic mass is 10.1. The molecule has 1 aliphatic rings. The van der Waals surface area contributed by atoms with Crippen LogP contribution in [0, 0.1) is 12.8 Å². The Labute approximate surface area is 117 Å². The SMILES string of the molecule is CC(=O)N[C@@H]1CN(C(=O)c2cnccc2C)C[C@H]1CO. The lowest BCUT2D eigenvalue weighted by Gasteiger charge is -2.17. The van der Waals surface area contributed by atoms with Crippen LogP contribution in [0.25, 0.3) is 0 Å². The van der Waals surface area contributed by atoms with Crippen LogP contribution in [0.15, 0.2) is 18.5 Å². The summed E-state index contributed by atoms with van der Waals surface area (Å²) in [6.45, 7) is 4.09. The highest BCUT2D eigenvalue weighted by Gasteiger charge is 2.35. The Morgan fingerprint density at radius 3 is 2.85 bits per heavy atom. The minimum atomic E-state index is -0.196. The summed E-state index contributed by atoms with van der Waals surface area (Å²) in [4.78, 5) is 29.2. The highest BCUT2D eigenvalue weighted by Crippen LogP contribution is 2.20. The van der Waals surface area contributed by atoms with Gasteiger partial charge in [0.15, 0.2) is 0 Å². The number of pyridine rings is 1. The van der Waals surface area contributed by atoms with Gasteiger partial charge in [-0.15, -0.1) is 0 Å². The van der Waals surface area contributed by atoms with Gasteiger partial charge in [-0.1, -0.05) is 0 Å². The first-order valence-electron chi connectivity index (χ1n) is 6.60. The Balaban J connectivity index is 2.13. The number of rotatable bonds is 3. The maximum atomic E-state index is 12.5. The van der Waals surface area contributed by atoms with Gasteiger partial charge in [-0.3, -0.25) is 14.6 Å². The Morgan fingerprint density at radius 1 is 1.50 bits per heavy atom. The van der Waals surface area contributed by atoms with E-state index in [0.717, 1.165) is 5.56 Å². The lowest BCUT2D eigenvalue weighted by Crippen LogP contribution is -2.40. The van der Waals surface area contributed by atoms with Crippen molar-refractivity contribution < 1.29 is 14.7 Å². The van der Waals surface area contributed by atoms with Crippen LogP contribution in [0.5, 0.6) is 0 Å². The summed E-state index contributed by atoms with van der Waals surface area (Å²) < 4.78 is 0. The highest BCUT2D eigenvalue weighted by atomic mass is 16.3. The second kappa shape index (κ2) is 6.00. The predicted octanol–water partition coefficient (Wildman–Crippen LogP) is -0.0410. The van der Waals surface area contributed by atoms with E-state index in [1.54, 1.807) is 23.4 Å². The molecule has 1 aromatic heterocycles. The third-order valence-electron chi connectivity index (χ3n) is 3.62. The number of hydrogen-bond donors (Lipinski definition) is 2. The Morgan fingerprint density at radius 2 is 2.25 bits per heavy atom. The zero-order chi connectivity index (χ0) is 14.7. The molecule has 2 rings (SSSR count). The van der Waals surface area contributed by atoms with E-state index in [2.05, 4.69) is 10.3 Å². The molecule has 2 heterocycles. The Kier molecular flexibility index (Phi) is 4.34. The molecular weight excluding hydrogens is 258 g/mol. The molecule has 1 aromatic rings. The summed E-state index contributed by atoms with van der Waals surface area (Å²) in [6.07, 6.45) is 3.20. The van der Waals surface area contributed by atoms with Gasteiger partial charge in [-0.05, 0) is 18.6 Å². The Hall–Kier alpha value is -1.95. The fourth-order valence-corrected chi connectivity index (χ4v) is 2.50. The van der Waals surface area contributed by atoms with Crippen molar-refractivity contribution in [2.24, 2.45) is 5.92 Å². The molecule has 2 atom stereocenters. The molecule has 1 saturated heterocycles. The number of hydrogen-bond acceptors (Lipinski definition) is 4. The van der Waals surface area contributed by atoms with Crippen molar-refractivity contribution in [2.75, 3.05) is 19.7 Å². The minimum Gasteiger partial charge on any atom is -0.396 e. The Bertz CT molecular complexity index is 518. The van der Waals surface area contributed by atoms with Crippen LogP contribution in [-0.4, -0.2) is 52.5 Å². The van der Waals surface area contributed by atoms with E-state index in [1.165, 1.54) is 6.92 Å². The summed E-state index contributed by atoms with van der Waals surface area (Å²) in [6, 6.07) is 1.59. The fraction of sp³-hybridized carbons (Fsp3) is 0.500. The van der Waals surface area contributed by atoms with Gasteiger partial charge in [0, 0.05) is 44.9 Å². The molecule has 20 heavy (non-hydrogen) atoms. The van der Waals surface area contributed by atoms with E-state index in [1.807, 2.05) is 6.92 Å². The van der Waals surface area contributed by atoms with Crippen molar-refractivity contribution in [2.45, 2.75) is 19.9 Å².